The third-order valence-electron chi connectivity index (χ3n) is 4.02. The second-order valence-electron chi connectivity index (χ2n) is 5.36. The number of benzene rings is 1. The van der Waals surface area contributed by atoms with Crippen molar-refractivity contribution in [1.29, 1.82) is 0 Å². The molecule has 0 saturated heterocycles. The molecular weight excluding hydrogens is 306 g/mol. The van der Waals surface area contributed by atoms with Crippen LogP contribution >= 0.6 is 0 Å². The molecule has 3 heterocycles. The van der Waals surface area contributed by atoms with Gasteiger partial charge in [-0.15, -0.1) is 0 Å². The molecule has 4 aromatic rings. The first-order chi connectivity index (χ1) is 11.7. The van der Waals surface area contributed by atoms with Crippen LogP contribution in [0.3, 0.4) is 0 Å². The van der Waals surface area contributed by atoms with E-state index in [9.17, 15) is 4.79 Å². The van der Waals surface area contributed by atoms with Gasteiger partial charge in [-0.3, -0.25) is 4.79 Å². The van der Waals surface area contributed by atoms with Crippen LogP contribution in [-0.2, 0) is 0 Å². The van der Waals surface area contributed by atoms with Gasteiger partial charge in [0.05, 0.1) is 25.4 Å². The zero-order valence-corrected chi connectivity index (χ0v) is 13.2. The highest BCUT2D eigenvalue weighted by atomic mass is 16.5. The molecule has 0 unspecified atom stereocenters. The Morgan fingerprint density at radius 1 is 1.04 bits per heavy atom. The third kappa shape index (κ3) is 2.11. The van der Waals surface area contributed by atoms with E-state index >= 15 is 0 Å². The van der Waals surface area contributed by atoms with Crippen molar-refractivity contribution in [3.8, 4) is 22.8 Å². The zero-order chi connectivity index (χ0) is 16.7. The number of nitrogens with one attached hydrogen (secondary N) is 1. The average Bonchev–Trinajstić information content (AvgIpc) is 3.04. The van der Waals surface area contributed by atoms with E-state index in [2.05, 4.69) is 9.97 Å². The lowest BCUT2D eigenvalue weighted by Crippen LogP contribution is -2.04. The van der Waals surface area contributed by atoms with Crippen molar-refractivity contribution in [1.82, 2.24) is 14.4 Å². The predicted octanol–water partition coefficient (Wildman–Crippen LogP) is 2.86. The molecule has 1 N–H and O–H groups in total. The van der Waals surface area contributed by atoms with Crippen LogP contribution in [0.1, 0.15) is 0 Å². The number of imidazole rings is 1. The standard InChI is InChI=1S/C18H15N3O3/c1-23-14-7-5-11(12-6-8-16(22)20-17(12)14)13-10-21-9-3-4-15(24-2)18(21)19-13/h3-10H,1-2H3,(H,20,22). The van der Waals surface area contributed by atoms with Gasteiger partial charge in [-0.2, -0.15) is 0 Å². The first-order valence-corrected chi connectivity index (χ1v) is 7.43. The van der Waals surface area contributed by atoms with Gasteiger partial charge in [0.25, 0.3) is 0 Å². The van der Waals surface area contributed by atoms with E-state index in [1.165, 1.54) is 6.07 Å². The number of methoxy groups -OCH3 is 2. The molecule has 0 bridgehead atoms. The van der Waals surface area contributed by atoms with Crippen LogP contribution < -0.4 is 15.0 Å². The molecule has 6 nitrogen and oxygen atoms in total. The van der Waals surface area contributed by atoms with Crippen LogP contribution in [0.15, 0.2) is 53.6 Å². The van der Waals surface area contributed by atoms with Gasteiger partial charge in [0.15, 0.2) is 11.4 Å². The highest BCUT2D eigenvalue weighted by Gasteiger charge is 2.13. The molecule has 3 aromatic heterocycles. The number of aromatic nitrogens is 3. The Labute approximate surface area is 137 Å². The minimum Gasteiger partial charge on any atom is -0.495 e. The molecule has 1 aromatic carbocycles. The quantitative estimate of drug-likeness (QED) is 0.630. The van der Waals surface area contributed by atoms with Crippen molar-refractivity contribution in [3.05, 3.63) is 59.1 Å². The molecule has 4 rings (SSSR count). The number of nitrogens with zero attached hydrogens (tertiary/aromatic N) is 2. The Bertz CT molecular complexity index is 1110. The molecule has 120 valence electrons. The summed E-state index contributed by atoms with van der Waals surface area (Å²) in [6.45, 7) is 0. The van der Waals surface area contributed by atoms with Crippen molar-refractivity contribution < 1.29 is 9.47 Å². The molecule has 0 spiro atoms. The van der Waals surface area contributed by atoms with Crippen LogP contribution in [0.5, 0.6) is 11.5 Å². The van der Waals surface area contributed by atoms with E-state index in [1.54, 1.807) is 20.3 Å². The molecule has 0 saturated carbocycles. The highest BCUT2D eigenvalue weighted by Crippen LogP contribution is 2.33. The fourth-order valence-electron chi connectivity index (χ4n) is 2.90. The maximum absolute atomic E-state index is 11.7. The fourth-order valence-corrected chi connectivity index (χ4v) is 2.90. The summed E-state index contributed by atoms with van der Waals surface area (Å²) in [7, 11) is 3.20. The second kappa shape index (κ2) is 5.42. The number of hydrogen-bond donors (Lipinski definition) is 1. The lowest BCUT2D eigenvalue weighted by molar-refractivity contribution is 0.417. The Morgan fingerprint density at radius 2 is 1.88 bits per heavy atom. The van der Waals surface area contributed by atoms with E-state index in [0.717, 1.165) is 22.3 Å². The van der Waals surface area contributed by atoms with Gasteiger partial charge >= 0.3 is 0 Å². The van der Waals surface area contributed by atoms with Crippen molar-refractivity contribution in [3.63, 3.8) is 0 Å². The smallest absolute Gasteiger partial charge is 0.248 e. The monoisotopic (exact) mass is 321 g/mol. The van der Waals surface area contributed by atoms with Crippen LogP contribution in [0.4, 0.5) is 0 Å². The number of fused-ring (bicyclic) bond motifs is 2. The largest absolute Gasteiger partial charge is 0.495 e. The number of aromatic amines is 1. The summed E-state index contributed by atoms with van der Waals surface area (Å²) in [5, 5.41) is 0.872. The normalized spacial score (nSPS) is 11.1. The van der Waals surface area contributed by atoms with E-state index in [1.807, 2.05) is 41.1 Å². The van der Waals surface area contributed by atoms with Crippen LogP contribution in [0, 0.1) is 0 Å². The molecule has 0 aliphatic heterocycles. The predicted molar refractivity (Wildman–Crippen MR) is 91.9 cm³/mol. The number of pyridine rings is 2. The van der Waals surface area contributed by atoms with Crippen LogP contribution in [0.25, 0.3) is 27.8 Å². The lowest BCUT2D eigenvalue weighted by atomic mass is 10.1. The van der Waals surface area contributed by atoms with E-state index in [-0.39, 0.29) is 5.56 Å². The average molecular weight is 321 g/mol. The Hall–Kier alpha value is -3.28. The Kier molecular flexibility index (Phi) is 3.23. The first kappa shape index (κ1) is 14.3. The van der Waals surface area contributed by atoms with Gasteiger partial charge in [0.2, 0.25) is 5.56 Å². The molecule has 0 fully saturated rings. The zero-order valence-electron chi connectivity index (χ0n) is 13.2. The van der Waals surface area contributed by atoms with Gasteiger partial charge < -0.3 is 18.9 Å². The summed E-state index contributed by atoms with van der Waals surface area (Å²) < 4.78 is 12.6. The molecular formula is C18H15N3O3. The molecule has 0 radical (unpaired) electrons. The third-order valence-corrected chi connectivity index (χ3v) is 4.02. The Morgan fingerprint density at radius 3 is 2.67 bits per heavy atom. The topological polar surface area (TPSA) is 68.6 Å². The summed E-state index contributed by atoms with van der Waals surface area (Å²) in [6, 6.07) is 10.8. The minimum absolute atomic E-state index is 0.172. The molecule has 0 amide bonds. The molecule has 0 atom stereocenters. The SMILES string of the molecule is COc1ccc(-c2cn3cccc(OC)c3n2)c2ccc(=O)[nH]c12. The van der Waals surface area contributed by atoms with Crippen molar-refractivity contribution >= 4 is 16.6 Å². The summed E-state index contributed by atoms with van der Waals surface area (Å²) >= 11 is 0. The fraction of sp³-hybridized carbons (Fsp3) is 0.111. The highest BCUT2D eigenvalue weighted by molar-refractivity contribution is 5.97. The summed E-state index contributed by atoms with van der Waals surface area (Å²) in [6.07, 6.45) is 3.85. The summed E-state index contributed by atoms with van der Waals surface area (Å²) in [4.78, 5) is 19.2. The maximum Gasteiger partial charge on any atom is 0.248 e. The number of ether oxygens (including phenoxy) is 2. The van der Waals surface area contributed by atoms with Crippen molar-refractivity contribution in [2.24, 2.45) is 0 Å². The van der Waals surface area contributed by atoms with Crippen LogP contribution in [-0.4, -0.2) is 28.6 Å². The van der Waals surface area contributed by atoms with Gasteiger partial charge in [-0.25, -0.2) is 4.98 Å². The number of H-pyrrole nitrogens is 1. The maximum atomic E-state index is 11.7. The van der Waals surface area contributed by atoms with Crippen molar-refractivity contribution in [2.75, 3.05) is 14.2 Å². The minimum atomic E-state index is -0.172. The van der Waals surface area contributed by atoms with E-state index < -0.39 is 0 Å². The molecule has 0 aliphatic carbocycles. The number of hydrogen-bond acceptors (Lipinski definition) is 4. The first-order valence-electron chi connectivity index (χ1n) is 7.43. The van der Waals surface area contributed by atoms with Gasteiger partial charge in [-0.05, 0) is 30.3 Å². The van der Waals surface area contributed by atoms with Gasteiger partial charge in [0.1, 0.15) is 5.75 Å². The van der Waals surface area contributed by atoms with Crippen LogP contribution in [0.2, 0.25) is 0 Å². The van der Waals surface area contributed by atoms with Gasteiger partial charge in [-0.1, -0.05) is 0 Å². The van der Waals surface area contributed by atoms with E-state index in [4.69, 9.17) is 9.47 Å². The molecule has 24 heavy (non-hydrogen) atoms. The molecule has 0 aliphatic rings. The second-order valence-corrected chi connectivity index (χ2v) is 5.36. The Balaban J connectivity index is 2.02. The van der Waals surface area contributed by atoms with Crippen molar-refractivity contribution in [2.45, 2.75) is 0 Å². The van der Waals surface area contributed by atoms with Gasteiger partial charge in [0, 0.05) is 29.4 Å². The lowest BCUT2D eigenvalue weighted by Gasteiger charge is -2.08. The van der Waals surface area contributed by atoms with E-state index in [0.29, 0.717) is 17.0 Å². The summed E-state index contributed by atoms with van der Waals surface area (Å²) in [5.74, 6) is 1.32. The number of rotatable bonds is 3. The molecule has 6 heteroatoms. The summed E-state index contributed by atoms with van der Waals surface area (Å²) in [5.41, 5.74) is 2.93.